The summed E-state index contributed by atoms with van der Waals surface area (Å²) in [4.78, 5) is 0. The van der Waals surface area contributed by atoms with Crippen LogP contribution in [0.25, 0.3) is 0 Å². The second kappa shape index (κ2) is 7.04. The number of rotatable bonds is 6. The van der Waals surface area contributed by atoms with E-state index in [1.807, 2.05) is 31.2 Å². The summed E-state index contributed by atoms with van der Waals surface area (Å²) >= 11 is 0. The quantitative estimate of drug-likeness (QED) is 0.860. The van der Waals surface area contributed by atoms with E-state index < -0.39 is 17.7 Å². The van der Waals surface area contributed by atoms with Gasteiger partial charge in [0.25, 0.3) is 0 Å². The van der Waals surface area contributed by atoms with Crippen molar-refractivity contribution in [3.8, 4) is 5.75 Å². The first kappa shape index (κ1) is 15.3. The van der Waals surface area contributed by atoms with Crippen molar-refractivity contribution in [2.45, 2.75) is 13.0 Å². The van der Waals surface area contributed by atoms with E-state index in [1.165, 1.54) is 0 Å². The number of hydrogen-bond donors (Lipinski definition) is 2. The number of halogens is 2. The molecule has 21 heavy (non-hydrogen) atoms. The first-order valence-corrected chi connectivity index (χ1v) is 6.60. The van der Waals surface area contributed by atoms with Crippen molar-refractivity contribution in [2.24, 2.45) is 0 Å². The van der Waals surface area contributed by atoms with Crippen LogP contribution in [0.1, 0.15) is 5.56 Å². The van der Waals surface area contributed by atoms with Gasteiger partial charge in [-0.05, 0) is 31.2 Å². The molecule has 0 aliphatic heterocycles. The van der Waals surface area contributed by atoms with E-state index in [0.717, 1.165) is 23.8 Å². The SMILES string of the molecule is Cc1ccc(OCC(O)CNc2cc(F)cc(F)c2)cc1. The van der Waals surface area contributed by atoms with E-state index in [9.17, 15) is 13.9 Å². The zero-order valence-corrected chi connectivity index (χ0v) is 11.6. The molecule has 2 aromatic carbocycles. The van der Waals surface area contributed by atoms with E-state index in [1.54, 1.807) is 0 Å². The van der Waals surface area contributed by atoms with Gasteiger partial charge in [0.2, 0.25) is 0 Å². The molecule has 1 atom stereocenters. The largest absolute Gasteiger partial charge is 0.491 e. The maximum Gasteiger partial charge on any atom is 0.128 e. The third-order valence-corrected chi connectivity index (χ3v) is 2.87. The Morgan fingerprint density at radius 2 is 1.71 bits per heavy atom. The van der Waals surface area contributed by atoms with Crippen LogP contribution in [-0.4, -0.2) is 24.4 Å². The van der Waals surface area contributed by atoms with Crippen LogP contribution in [0.5, 0.6) is 5.75 Å². The normalized spacial score (nSPS) is 12.0. The molecule has 112 valence electrons. The highest BCUT2D eigenvalue weighted by atomic mass is 19.1. The lowest BCUT2D eigenvalue weighted by Crippen LogP contribution is -2.26. The number of ether oxygens (including phenoxy) is 1. The number of anilines is 1. The van der Waals surface area contributed by atoms with Gasteiger partial charge in [0, 0.05) is 18.3 Å². The van der Waals surface area contributed by atoms with Crippen LogP contribution in [0.4, 0.5) is 14.5 Å². The summed E-state index contributed by atoms with van der Waals surface area (Å²) in [7, 11) is 0. The van der Waals surface area contributed by atoms with Gasteiger partial charge in [0.15, 0.2) is 0 Å². The zero-order chi connectivity index (χ0) is 15.2. The summed E-state index contributed by atoms with van der Waals surface area (Å²) in [6.45, 7) is 2.20. The molecule has 0 fully saturated rings. The molecule has 0 bridgehead atoms. The van der Waals surface area contributed by atoms with Gasteiger partial charge in [-0.2, -0.15) is 0 Å². The van der Waals surface area contributed by atoms with E-state index >= 15 is 0 Å². The minimum absolute atomic E-state index is 0.0911. The molecule has 0 saturated carbocycles. The second-order valence-corrected chi connectivity index (χ2v) is 4.82. The molecule has 0 saturated heterocycles. The molecule has 0 heterocycles. The summed E-state index contributed by atoms with van der Waals surface area (Å²) in [6, 6.07) is 10.6. The van der Waals surface area contributed by atoms with E-state index in [2.05, 4.69) is 5.32 Å². The van der Waals surface area contributed by atoms with Gasteiger partial charge in [-0.1, -0.05) is 17.7 Å². The molecule has 0 spiro atoms. The van der Waals surface area contributed by atoms with Crippen LogP contribution < -0.4 is 10.1 Å². The van der Waals surface area contributed by atoms with Crippen LogP contribution in [0.2, 0.25) is 0 Å². The van der Waals surface area contributed by atoms with Crippen molar-refractivity contribution in [3.05, 3.63) is 59.7 Å². The highest BCUT2D eigenvalue weighted by Gasteiger charge is 2.07. The maximum absolute atomic E-state index is 13.0. The van der Waals surface area contributed by atoms with Crippen LogP contribution in [0, 0.1) is 18.6 Å². The van der Waals surface area contributed by atoms with Gasteiger partial charge in [0.05, 0.1) is 0 Å². The molecule has 3 nitrogen and oxygen atoms in total. The summed E-state index contributed by atoms with van der Waals surface area (Å²) in [5.74, 6) is -0.665. The zero-order valence-electron chi connectivity index (χ0n) is 11.6. The lowest BCUT2D eigenvalue weighted by atomic mass is 10.2. The van der Waals surface area contributed by atoms with Crippen molar-refractivity contribution >= 4 is 5.69 Å². The monoisotopic (exact) mass is 293 g/mol. The highest BCUT2D eigenvalue weighted by molar-refractivity contribution is 5.43. The summed E-state index contributed by atoms with van der Waals surface area (Å²) in [5.41, 5.74) is 1.40. The third-order valence-electron chi connectivity index (χ3n) is 2.87. The maximum atomic E-state index is 13.0. The number of aryl methyl sites for hydroxylation is 1. The van der Waals surface area contributed by atoms with E-state index in [4.69, 9.17) is 4.74 Å². The van der Waals surface area contributed by atoms with Crippen molar-refractivity contribution in [2.75, 3.05) is 18.5 Å². The third kappa shape index (κ3) is 5.04. The highest BCUT2D eigenvalue weighted by Crippen LogP contribution is 2.14. The van der Waals surface area contributed by atoms with Gasteiger partial charge in [-0.15, -0.1) is 0 Å². The Labute approximate surface area is 122 Å². The average Bonchev–Trinajstić information content (AvgIpc) is 2.43. The fraction of sp³-hybridized carbons (Fsp3) is 0.250. The molecule has 2 aromatic rings. The van der Waals surface area contributed by atoms with Crippen LogP contribution >= 0.6 is 0 Å². The second-order valence-electron chi connectivity index (χ2n) is 4.82. The van der Waals surface area contributed by atoms with Crippen LogP contribution in [-0.2, 0) is 0 Å². The Morgan fingerprint density at radius 1 is 1.10 bits per heavy atom. The Morgan fingerprint density at radius 3 is 2.33 bits per heavy atom. The standard InChI is InChI=1S/C16H17F2NO2/c1-11-2-4-16(5-3-11)21-10-15(20)9-19-14-7-12(17)6-13(18)8-14/h2-8,15,19-20H,9-10H2,1H3. The molecule has 1 unspecified atom stereocenters. The Kier molecular flexibility index (Phi) is 5.11. The first-order valence-electron chi connectivity index (χ1n) is 6.60. The lowest BCUT2D eigenvalue weighted by molar-refractivity contribution is 0.117. The molecule has 2 N–H and O–H groups in total. The van der Waals surface area contributed by atoms with Gasteiger partial charge in [0.1, 0.15) is 30.1 Å². The first-order chi connectivity index (χ1) is 10.0. The number of aliphatic hydroxyl groups is 1. The van der Waals surface area contributed by atoms with Gasteiger partial charge < -0.3 is 15.2 Å². The van der Waals surface area contributed by atoms with Crippen molar-refractivity contribution in [1.82, 2.24) is 0 Å². The van der Waals surface area contributed by atoms with Gasteiger partial charge in [-0.25, -0.2) is 8.78 Å². The lowest BCUT2D eigenvalue weighted by Gasteiger charge is -2.14. The summed E-state index contributed by atoms with van der Waals surface area (Å²) in [6.07, 6.45) is -0.794. The van der Waals surface area contributed by atoms with Crippen molar-refractivity contribution < 1.29 is 18.6 Å². The van der Waals surface area contributed by atoms with Gasteiger partial charge in [-0.3, -0.25) is 0 Å². The fourth-order valence-corrected chi connectivity index (χ4v) is 1.78. The number of benzene rings is 2. The number of hydrogen-bond acceptors (Lipinski definition) is 3. The van der Waals surface area contributed by atoms with Crippen molar-refractivity contribution in [1.29, 1.82) is 0 Å². The van der Waals surface area contributed by atoms with Gasteiger partial charge >= 0.3 is 0 Å². The molecule has 0 aromatic heterocycles. The van der Waals surface area contributed by atoms with Crippen LogP contribution in [0.15, 0.2) is 42.5 Å². The predicted molar refractivity (Wildman–Crippen MR) is 77.5 cm³/mol. The molecule has 2 rings (SSSR count). The molecule has 0 aliphatic rings. The Bertz CT molecular complexity index is 567. The van der Waals surface area contributed by atoms with Crippen molar-refractivity contribution in [3.63, 3.8) is 0 Å². The Balaban J connectivity index is 1.79. The molecule has 0 aliphatic carbocycles. The minimum atomic E-state index is -0.794. The van der Waals surface area contributed by atoms with E-state index in [0.29, 0.717) is 5.75 Å². The number of aliphatic hydroxyl groups excluding tert-OH is 1. The number of nitrogens with one attached hydrogen (secondary N) is 1. The summed E-state index contributed by atoms with van der Waals surface area (Å²) < 4.78 is 31.4. The average molecular weight is 293 g/mol. The minimum Gasteiger partial charge on any atom is -0.491 e. The van der Waals surface area contributed by atoms with E-state index in [-0.39, 0.29) is 18.8 Å². The Hall–Kier alpha value is -2.14. The molecule has 0 radical (unpaired) electrons. The molecule has 5 heteroatoms. The topological polar surface area (TPSA) is 41.5 Å². The van der Waals surface area contributed by atoms with Crippen LogP contribution in [0.3, 0.4) is 0 Å². The molecular formula is C16H17F2NO2. The predicted octanol–water partition coefficient (Wildman–Crippen LogP) is 3.13. The summed E-state index contributed by atoms with van der Waals surface area (Å²) in [5, 5.41) is 12.6. The smallest absolute Gasteiger partial charge is 0.128 e. The fourth-order valence-electron chi connectivity index (χ4n) is 1.78. The molecular weight excluding hydrogens is 276 g/mol. The molecule has 0 amide bonds.